The number of carbonyl (C=O) groups excluding carboxylic acids is 3. The monoisotopic (exact) mass is 591 g/mol. The molecule has 39 heavy (non-hydrogen) atoms. The zero-order valence-electron chi connectivity index (χ0n) is 21.8. The topological polar surface area (TPSA) is 100 Å². The maximum absolute atomic E-state index is 12.7. The van der Waals surface area contributed by atoms with E-state index >= 15 is 0 Å². The molecular formula is C28H27Cl2NO7S. The van der Waals surface area contributed by atoms with E-state index in [1.165, 1.54) is 13.2 Å². The second-order valence-electron chi connectivity index (χ2n) is 7.92. The van der Waals surface area contributed by atoms with Gasteiger partial charge in [-0.1, -0.05) is 35.3 Å². The predicted molar refractivity (Wildman–Crippen MR) is 152 cm³/mol. The van der Waals surface area contributed by atoms with E-state index in [1.807, 2.05) is 0 Å². The third-order valence-electron chi connectivity index (χ3n) is 5.37. The Kier molecular flexibility index (Phi) is 10.8. The summed E-state index contributed by atoms with van der Waals surface area (Å²) in [6.45, 7) is 5.42. The molecule has 1 amide bonds. The maximum atomic E-state index is 12.7. The van der Waals surface area contributed by atoms with E-state index in [-0.39, 0.29) is 35.3 Å². The Balaban J connectivity index is 1.76. The molecule has 0 saturated carbocycles. The molecule has 0 spiro atoms. The average Bonchev–Trinajstić information content (AvgIpc) is 3.23. The molecule has 11 heteroatoms. The molecule has 1 heterocycles. The highest BCUT2D eigenvalue weighted by molar-refractivity contribution is 7.18. The van der Waals surface area contributed by atoms with Crippen molar-refractivity contribution in [2.45, 2.75) is 27.4 Å². The number of nitrogens with one attached hydrogen (secondary N) is 1. The first-order valence-corrected chi connectivity index (χ1v) is 13.5. The number of hydrogen-bond acceptors (Lipinski definition) is 8. The van der Waals surface area contributed by atoms with Crippen LogP contribution >= 0.6 is 34.5 Å². The van der Waals surface area contributed by atoms with Crippen LogP contribution < -0.4 is 14.8 Å². The first-order valence-electron chi connectivity index (χ1n) is 11.9. The third kappa shape index (κ3) is 7.53. The van der Waals surface area contributed by atoms with Gasteiger partial charge in [-0.05, 0) is 62.2 Å². The van der Waals surface area contributed by atoms with E-state index in [0.717, 1.165) is 11.3 Å². The number of ether oxygens (including phenoxy) is 4. The fraction of sp³-hybridized carbons (Fsp3) is 0.250. The van der Waals surface area contributed by atoms with Crippen LogP contribution in [0.5, 0.6) is 11.5 Å². The second-order valence-corrected chi connectivity index (χ2v) is 9.76. The summed E-state index contributed by atoms with van der Waals surface area (Å²) in [5.41, 5.74) is 1.81. The van der Waals surface area contributed by atoms with E-state index in [9.17, 15) is 14.4 Å². The van der Waals surface area contributed by atoms with Crippen LogP contribution in [0.1, 0.15) is 50.6 Å². The Hall–Kier alpha value is -3.53. The van der Waals surface area contributed by atoms with Crippen molar-refractivity contribution in [3.8, 4) is 11.5 Å². The molecule has 0 bridgehead atoms. The van der Waals surface area contributed by atoms with Crippen molar-refractivity contribution in [2.75, 3.05) is 25.6 Å². The molecule has 0 aliphatic carbocycles. The summed E-state index contributed by atoms with van der Waals surface area (Å²) in [6.07, 6.45) is 2.87. The van der Waals surface area contributed by atoms with Gasteiger partial charge in [0.25, 0.3) is 0 Å². The highest BCUT2D eigenvalue weighted by atomic mass is 35.5. The van der Waals surface area contributed by atoms with Gasteiger partial charge in [0, 0.05) is 21.7 Å². The molecule has 0 aliphatic heterocycles. The fourth-order valence-corrected chi connectivity index (χ4v) is 5.09. The molecular weight excluding hydrogens is 565 g/mol. The lowest BCUT2D eigenvalue weighted by molar-refractivity contribution is -0.111. The van der Waals surface area contributed by atoms with E-state index in [4.69, 9.17) is 42.1 Å². The number of amides is 1. The molecule has 0 saturated heterocycles. The molecule has 1 N–H and O–H groups in total. The molecule has 2 aromatic carbocycles. The number of halogens is 2. The SMILES string of the molecule is CCOC(=O)c1sc(NC(=O)/C=C/c2ccc(OCc3c(Cl)cccc3Cl)c(OC)c2)c(C(=O)OCC)c1C. The molecule has 0 unspecified atom stereocenters. The van der Waals surface area contributed by atoms with Crippen molar-refractivity contribution in [3.63, 3.8) is 0 Å². The quantitative estimate of drug-likeness (QED) is 0.190. The number of methoxy groups -OCH3 is 1. The summed E-state index contributed by atoms with van der Waals surface area (Å²) in [4.78, 5) is 37.8. The number of rotatable bonds is 11. The molecule has 0 fully saturated rings. The van der Waals surface area contributed by atoms with Gasteiger partial charge in [-0.15, -0.1) is 11.3 Å². The first kappa shape index (κ1) is 30.0. The van der Waals surface area contributed by atoms with Gasteiger partial charge in [0.15, 0.2) is 11.5 Å². The zero-order valence-corrected chi connectivity index (χ0v) is 24.1. The largest absolute Gasteiger partial charge is 0.493 e. The molecule has 0 atom stereocenters. The summed E-state index contributed by atoms with van der Waals surface area (Å²) in [5.74, 6) is -0.815. The summed E-state index contributed by atoms with van der Waals surface area (Å²) in [5, 5.41) is 3.86. The van der Waals surface area contributed by atoms with Crippen LogP contribution in [-0.2, 0) is 20.9 Å². The molecule has 0 radical (unpaired) electrons. The summed E-state index contributed by atoms with van der Waals surface area (Å²) in [6, 6.07) is 10.4. The van der Waals surface area contributed by atoms with Gasteiger partial charge >= 0.3 is 11.9 Å². The van der Waals surface area contributed by atoms with Crippen LogP contribution in [0.4, 0.5) is 5.00 Å². The Morgan fingerprint density at radius 2 is 1.64 bits per heavy atom. The van der Waals surface area contributed by atoms with Crippen LogP contribution in [0.15, 0.2) is 42.5 Å². The minimum Gasteiger partial charge on any atom is -0.493 e. The van der Waals surface area contributed by atoms with E-state index in [0.29, 0.717) is 38.2 Å². The van der Waals surface area contributed by atoms with Crippen LogP contribution in [0, 0.1) is 6.92 Å². The summed E-state index contributed by atoms with van der Waals surface area (Å²) < 4.78 is 21.5. The summed E-state index contributed by atoms with van der Waals surface area (Å²) in [7, 11) is 1.50. The zero-order chi connectivity index (χ0) is 28.5. The Bertz CT molecular complexity index is 1380. The fourth-order valence-electron chi connectivity index (χ4n) is 3.49. The highest BCUT2D eigenvalue weighted by Crippen LogP contribution is 2.35. The van der Waals surface area contributed by atoms with E-state index < -0.39 is 17.8 Å². The van der Waals surface area contributed by atoms with Gasteiger partial charge in [0.2, 0.25) is 5.91 Å². The van der Waals surface area contributed by atoms with Crippen LogP contribution in [0.3, 0.4) is 0 Å². The van der Waals surface area contributed by atoms with Crippen LogP contribution in [0.25, 0.3) is 6.08 Å². The first-order chi connectivity index (χ1) is 18.7. The lowest BCUT2D eigenvalue weighted by atomic mass is 10.1. The van der Waals surface area contributed by atoms with Gasteiger partial charge in [-0.25, -0.2) is 9.59 Å². The second kappa shape index (κ2) is 14.0. The molecule has 3 aromatic rings. The standard InChI is InChI=1S/C28H27Cl2NO7S/c1-5-36-27(33)24-16(3)25(28(34)37-6-2)39-26(24)31-23(32)13-11-17-10-12-21(22(14-17)35-4)38-15-18-19(29)8-7-9-20(18)30/h7-14H,5-6,15H2,1-4H3,(H,31,32)/b13-11+. The van der Waals surface area contributed by atoms with Gasteiger partial charge in [-0.3, -0.25) is 4.79 Å². The number of carbonyl (C=O) groups is 3. The number of esters is 2. The van der Waals surface area contributed by atoms with Crippen LogP contribution in [-0.4, -0.2) is 38.2 Å². The Morgan fingerprint density at radius 3 is 2.28 bits per heavy atom. The average molecular weight is 592 g/mol. The Labute approximate surface area is 240 Å². The van der Waals surface area contributed by atoms with Crippen molar-refractivity contribution in [1.82, 2.24) is 0 Å². The Morgan fingerprint density at radius 1 is 0.974 bits per heavy atom. The van der Waals surface area contributed by atoms with Crippen molar-refractivity contribution in [2.24, 2.45) is 0 Å². The predicted octanol–water partition coefficient (Wildman–Crippen LogP) is 6.96. The van der Waals surface area contributed by atoms with E-state index in [1.54, 1.807) is 63.2 Å². The number of thiophene rings is 1. The third-order valence-corrected chi connectivity index (χ3v) is 7.27. The smallest absolute Gasteiger partial charge is 0.348 e. The van der Waals surface area contributed by atoms with Gasteiger partial charge in [0.1, 0.15) is 16.5 Å². The normalized spacial score (nSPS) is 10.8. The van der Waals surface area contributed by atoms with Crippen molar-refractivity contribution in [3.05, 3.63) is 79.7 Å². The number of hydrogen-bond donors (Lipinski definition) is 1. The van der Waals surface area contributed by atoms with Crippen molar-refractivity contribution in [1.29, 1.82) is 0 Å². The molecule has 3 rings (SSSR count). The molecule has 1 aromatic heterocycles. The minimum absolute atomic E-state index is 0.119. The number of benzene rings is 2. The van der Waals surface area contributed by atoms with Gasteiger partial charge in [0.05, 0.1) is 25.9 Å². The summed E-state index contributed by atoms with van der Waals surface area (Å²) >= 11 is 13.4. The number of anilines is 1. The molecule has 206 valence electrons. The van der Waals surface area contributed by atoms with Crippen LogP contribution in [0.2, 0.25) is 10.0 Å². The molecule has 8 nitrogen and oxygen atoms in total. The minimum atomic E-state index is -0.639. The van der Waals surface area contributed by atoms with Crippen molar-refractivity contribution >= 4 is 63.5 Å². The maximum Gasteiger partial charge on any atom is 0.348 e. The van der Waals surface area contributed by atoms with Gasteiger partial charge in [-0.2, -0.15) is 0 Å². The lowest BCUT2D eigenvalue weighted by Gasteiger charge is -2.13. The van der Waals surface area contributed by atoms with Gasteiger partial charge < -0.3 is 24.3 Å². The van der Waals surface area contributed by atoms with E-state index in [2.05, 4.69) is 5.32 Å². The molecule has 0 aliphatic rings. The highest BCUT2D eigenvalue weighted by Gasteiger charge is 2.27. The van der Waals surface area contributed by atoms with Crippen molar-refractivity contribution < 1.29 is 33.3 Å². The lowest BCUT2D eigenvalue weighted by Crippen LogP contribution is -2.13.